The zero-order valence-electron chi connectivity index (χ0n) is 7.77. The van der Waals surface area contributed by atoms with E-state index in [1.165, 1.54) is 6.33 Å². The minimum absolute atomic E-state index is 0. The molecule has 1 heterocycles. The van der Waals surface area contributed by atoms with Crippen LogP contribution in [0.5, 0.6) is 0 Å². The quantitative estimate of drug-likeness (QED) is 0.696. The largest absolute Gasteiger partial charge is 1.00 e. The van der Waals surface area contributed by atoms with E-state index in [-0.39, 0.29) is 1.43 Å². The number of carbonyl (C=O) groups excluding carboxylic acids is 1. The molecule has 4 nitrogen and oxygen atoms in total. The first-order valence-corrected chi connectivity index (χ1v) is 3.77. The van der Waals surface area contributed by atoms with Gasteiger partial charge in [-0.25, -0.2) is 9.97 Å². The van der Waals surface area contributed by atoms with Crippen molar-refractivity contribution in [1.82, 2.24) is 9.97 Å². The third-order valence-electron chi connectivity index (χ3n) is 1.79. The van der Waals surface area contributed by atoms with Crippen LogP contribution in [0.15, 0.2) is 30.7 Å². The minimum atomic E-state index is -0.439. The van der Waals surface area contributed by atoms with Crippen LogP contribution in [0.2, 0.25) is 0 Å². The predicted octanol–water partition coefficient (Wildman–Crippen LogP) is 0.841. The van der Waals surface area contributed by atoms with Crippen molar-refractivity contribution in [1.29, 1.82) is 0 Å². The average molecular weight is 174 g/mol. The van der Waals surface area contributed by atoms with Crippen molar-refractivity contribution in [2.75, 3.05) is 0 Å². The van der Waals surface area contributed by atoms with Crippen molar-refractivity contribution in [2.24, 2.45) is 5.73 Å². The van der Waals surface area contributed by atoms with Gasteiger partial charge in [-0.3, -0.25) is 4.79 Å². The van der Waals surface area contributed by atoms with Gasteiger partial charge in [0.2, 0.25) is 5.91 Å². The summed E-state index contributed by atoms with van der Waals surface area (Å²) in [6.07, 6.45) is 3.11. The molecule has 0 fully saturated rings. The predicted molar refractivity (Wildman–Crippen MR) is 49.2 cm³/mol. The molecule has 2 N–H and O–H groups in total. The molecule has 0 atom stereocenters. The van der Waals surface area contributed by atoms with E-state index in [9.17, 15) is 4.79 Å². The van der Waals surface area contributed by atoms with Crippen LogP contribution in [0.4, 0.5) is 0 Å². The standard InChI is InChI=1S/C9H7N3O/c10-9(13)6-1-2-8-7(3-6)4-11-5-12-8/h1-5H,(H2,10,13)/p+1. The minimum Gasteiger partial charge on any atom is -0.366 e. The second kappa shape index (κ2) is 2.82. The third kappa shape index (κ3) is 1.33. The molecule has 0 unspecified atom stereocenters. The fourth-order valence-corrected chi connectivity index (χ4v) is 1.14. The van der Waals surface area contributed by atoms with Gasteiger partial charge in [0, 0.05) is 17.1 Å². The maximum absolute atomic E-state index is 10.8. The van der Waals surface area contributed by atoms with E-state index in [4.69, 9.17) is 5.73 Å². The molecule has 1 amide bonds. The Labute approximate surface area is 75.9 Å². The molecule has 2 rings (SSSR count). The molecule has 0 saturated carbocycles. The molecule has 13 heavy (non-hydrogen) atoms. The molecule has 1 aromatic carbocycles. The molecule has 0 spiro atoms. The number of nitrogens with zero attached hydrogens (tertiary/aromatic N) is 2. The van der Waals surface area contributed by atoms with E-state index < -0.39 is 5.91 Å². The van der Waals surface area contributed by atoms with Gasteiger partial charge in [-0.05, 0) is 18.2 Å². The number of nitrogens with two attached hydrogens (primary N) is 1. The lowest BCUT2D eigenvalue weighted by atomic mass is 10.1. The van der Waals surface area contributed by atoms with Gasteiger partial charge >= 0.3 is 1.43 Å². The van der Waals surface area contributed by atoms with Crippen molar-refractivity contribution < 1.29 is 6.22 Å². The zero-order valence-corrected chi connectivity index (χ0v) is 6.77. The lowest BCUT2D eigenvalue weighted by molar-refractivity contribution is 0.100. The van der Waals surface area contributed by atoms with E-state index >= 15 is 0 Å². The van der Waals surface area contributed by atoms with E-state index in [0.29, 0.717) is 5.56 Å². The van der Waals surface area contributed by atoms with Gasteiger partial charge in [0.25, 0.3) is 0 Å². The number of fused-ring (bicyclic) bond motifs is 1. The smallest absolute Gasteiger partial charge is 0.366 e. The highest BCUT2D eigenvalue weighted by atomic mass is 16.1. The summed E-state index contributed by atoms with van der Waals surface area (Å²) in [5.41, 5.74) is 6.40. The first-order chi connectivity index (χ1) is 6.27. The van der Waals surface area contributed by atoms with Crippen LogP contribution in [0.1, 0.15) is 11.8 Å². The first kappa shape index (κ1) is 7.67. The summed E-state index contributed by atoms with van der Waals surface area (Å²) in [5, 5.41) is 0.818. The monoisotopic (exact) mass is 174 g/mol. The third-order valence-corrected chi connectivity index (χ3v) is 1.79. The maximum atomic E-state index is 10.8. The molecule has 0 aliphatic heterocycles. The molecule has 1 aromatic heterocycles. The van der Waals surface area contributed by atoms with Gasteiger partial charge in [0.1, 0.15) is 6.33 Å². The van der Waals surface area contributed by atoms with E-state index in [0.717, 1.165) is 10.9 Å². The second-order valence-electron chi connectivity index (χ2n) is 2.66. The average Bonchev–Trinajstić information content (AvgIpc) is 2.17. The van der Waals surface area contributed by atoms with Gasteiger partial charge in [-0.2, -0.15) is 0 Å². The Morgan fingerprint density at radius 2 is 2.31 bits per heavy atom. The Balaban J connectivity index is 0.000000980. The molecule has 0 saturated heterocycles. The zero-order chi connectivity index (χ0) is 9.26. The van der Waals surface area contributed by atoms with E-state index in [2.05, 4.69) is 9.97 Å². The summed E-state index contributed by atoms with van der Waals surface area (Å²) >= 11 is 0. The van der Waals surface area contributed by atoms with Gasteiger partial charge in [-0.1, -0.05) is 0 Å². The molecule has 0 radical (unpaired) electrons. The Morgan fingerprint density at radius 1 is 1.46 bits per heavy atom. The van der Waals surface area contributed by atoms with Crippen molar-refractivity contribution in [3.8, 4) is 0 Å². The van der Waals surface area contributed by atoms with Crippen LogP contribution >= 0.6 is 0 Å². The number of hydrogen-bond donors (Lipinski definition) is 1. The number of carbonyl (C=O) groups is 1. The van der Waals surface area contributed by atoms with E-state index in [1.807, 2.05) is 0 Å². The topological polar surface area (TPSA) is 68.9 Å². The number of primary amides is 1. The Bertz CT molecular complexity index is 472. The van der Waals surface area contributed by atoms with Crippen LogP contribution in [0.3, 0.4) is 0 Å². The van der Waals surface area contributed by atoms with Gasteiger partial charge in [0.15, 0.2) is 0 Å². The number of hydrogen-bond acceptors (Lipinski definition) is 3. The van der Waals surface area contributed by atoms with Crippen molar-refractivity contribution in [2.45, 2.75) is 0 Å². The number of aromatic nitrogens is 2. The molecular formula is C9H8N3O+. The van der Waals surface area contributed by atoms with Crippen LogP contribution in [0, 0.1) is 0 Å². The second-order valence-corrected chi connectivity index (χ2v) is 2.66. The normalized spacial score (nSPS) is 10.2. The Hall–Kier alpha value is -1.97. The molecule has 64 valence electrons. The van der Waals surface area contributed by atoms with Gasteiger partial charge < -0.3 is 5.73 Å². The van der Waals surface area contributed by atoms with Gasteiger partial charge in [-0.15, -0.1) is 0 Å². The van der Waals surface area contributed by atoms with Crippen LogP contribution < -0.4 is 5.73 Å². The van der Waals surface area contributed by atoms with Gasteiger partial charge in [0.05, 0.1) is 5.52 Å². The summed E-state index contributed by atoms with van der Waals surface area (Å²) in [4.78, 5) is 18.7. The van der Waals surface area contributed by atoms with Crippen LogP contribution in [-0.2, 0) is 0 Å². The lowest BCUT2D eigenvalue weighted by Gasteiger charge is -1.97. The molecular weight excluding hydrogens is 166 g/mol. The molecule has 4 heteroatoms. The van der Waals surface area contributed by atoms with Crippen LogP contribution in [-0.4, -0.2) is 15.9 Å². The maximum Gasteiger partial charge on any atom is 1.00 e. The number of amides is 1. The van der Waals surface area contributed by atoms with Crippen molar-refractivity contribution in [3.05, 3.63) is 36.3 Å². The summed E-state index contributed by atoms with van der Waals surface area (Å²) in [6.45, 7) is 0. The first-order valence-electron chi connectivity index (χ1n) is 3.77. The van der Waals surface area contributed by atoms with Crippen molar-refractivity contribution >= 4 is 16.8 Å². The molecule has 0 aliphatic carbocycles. The van der Waals surface area contributed by atoms with E-state index in [1.54, 1.807) is 24.4 Å². The highest BCUT2D eigenvalue weighted by Gasteiger charge is 2.01. The fourth-order valence-electron chi connectivity index (χ4n) is 1.14. The molecule has 0 aliphatic rings. The summed E-state index contributed by atoms with van der Waals surface area (Å²) in [6, 6.07) is 5.08. The summed E-state index contributed by atoms with van der Waals surface area (Å²) < 4.78 is 0. The Kier molecular flexibility index (Phi) is 1.66. The molecule has 0 bridgehead atoms. The SMILES string of the molecule is NC(=O)c1ccc2ncncc2c1.[H+]. The lowest BCUT2D eigenvalue weighted by Crippen LogP contribution is -2.10. The highest BCUT2D eigenvalue weighted by Crippen LogP contribution is 2.11. The number of rotatable bonds is 1. The van der Waals surface area contributed by atoms with Crippen LogP contribution in [0.25, 0.3) is 10.9 Å². The fraction of sp³-hybridized carbons (Fsp3) is 0. The van der Waals surface area contributed by atoms with Crippen molar-refractivity contribution in [3.63, 3.8) is 0 Å². The molecule has 2 aromatic rings. The Morgan fingerprint density at radius 3 is 3.08 bits per heavy atom. The number of benzene rings is 1. The highest BCUT2D eigenvalue weighted by molar-refractivity contribution is 5.96. The summed E-state index contributed by atoms with van der Waals surface area (Å²) in [5.74, 6) is -0.439. The summed E-state index contributed by atoms with van der Waals surface area (Å²) in [7, 11) is 0.